The Hall–Kier alpha value is -2.37. The molecule has 0 bridgehead atoms. The number of benzene rings is 1. The third-order valence-corrected chi connectivity index (χ3v) is 4.59. The average molecular weight is 316 g/mol. The van der Waals surface area contributed by atoms with Crippen molar-refractivity contribution in [3.05, 3.63) is 29.8 Å². The van der Waals surface area contributed by atoms with Crippen molar-refractivity contribution in [2.75, 3.05) is 11.9 Å². The topological polar surface area (TPSA) is 86.7 Å². The van der Waals surface area contributed by atoms with E-state index in [-0.39, 0.29) is 29.7 Å². The number of anilines is 1. The van der Waals surface area contributed by atoms with Crippen LogP contribution in [0.5, 0.6) is 0 Å². The monoisotopic (exact) mass is 316 g/mol. The van der Waals surface area contributed by atoms with Gasteiger partial charge >= 0.3 is 5.97 Å². The molecule has 6 nitrogen and oxygen atoms in total. The number of carbonyl (C=O) groups is 3. The van der Waals surface area contributed by atoms with Crippen molar-refractivity contribution in [2.45, 2.75) is 31.7 Å². The van der Waals surface area contributed by atoms with E-state index in [0.717, 1.165) is 12.8 Å². The standard InChI is InChI=1S/C17H20N2O4/c1-19(16(21)10-6-7-10)14-5-3-2-4-13(14)15(20)18-12-8-11(9-12)17(22)23/h2-5,10-12H,6-9H2,1H3,(H,18,20)(H,22,23). The number of hydrogen-bond acceptors (Lipinski definition) is 3. The highest BCUT2D eigenvalue weighted by Crippen LogP contribution is 2.33. The Bertz CT molecular complexity index is 648. The molecule has 2 amide bonds. The zero-order valence-electron chi connectivity index (χ0n) is 13.0. The first-order valence-corrected chi connectivity index (χ1v) is 7.87. The van der Waals surface area contributed by atoms with Crippen molar-refractivity contribution in [3.63, 3.8) is 0 Å². The van der Waals surface area contributed by atoms with E-state index in [0.29, 0.717) is 24.1 Å². The number of rotatable bonds is 5. The summed E-state index contributed by atoms with van der Waals surface area (Å²) in [5, 5.41) is 11.7. The molecule has 0 saturated heterocycles. The first-order valence-electron chi connectivity index (χ1n) is 7.87. The molecule has 0 unspecified atom stereocenters. The maximum atomic E-state index is 12.5. The van der Waals surface area contributed by atoms with Crippen molar-refractivity contribution in [2.24, 2.45) is 11.8 Å². The van der Waals surface area contributed by atoms with Crippen LogP contribution >= 0.6 is 0 Å². The van der Waals surface area contributed by atoms with Crippen LogP contribution < -0.4 is 10.2 Å². The maximum Gasteiger partial charge on any atom is 0.306 e. The fraction of sp³-hybridized carbons (Fsp3) is 0.471. The third-order valence-electron chi connectivity index (χ3n) is 4.59. The average Bonchev–Trinajstić information content (AvgIpc) is 3.33. The molecule has 0 spiro atoms. The number of carboxylic acids is 1. The van der Waals surface area contributed by atoms with Crippen LogP contribution in [0, 0.1) is 11.8 Å². The van der Waals surface area contributed by atoms with E-state index in [4.69, 9.17) is 5.11 Å². The van der Waals surface area contributed by atoms with Gasteiger partial charge in [-0.05, 0) is 37.8 Å². The van der Waals surface area contributed by atoms with Crippen LogP contribution in [0.2, 0.25) is 0 Å². The van der Waals surface area contributed by atoms with Gasteiger partial charge in [0.05, 0.1) is 17.2 Å². The van der Waals surface area contributed by atoms with Crippen LogP contribution in [0.15, 0.2) is 24.3 Å². The molecule has 2 aliphatic rings. The van der Waals surface area contributed by atoms with Crippen LogP contribution in [-0.2, 0) is 9.59 Å². The first kappa shape index (κ1) is 15.5. The van der Waals surface area contributed by atoms with Crippen molar-refractivity contribution in [1.29, 1.82) is 0 Å². The van der Waals surface area contributed by atoms with Gasteiger partial charge in [0.1, 0.15) is 0 Å². The number of carbonyl (C=O) groups excluding carboxylic acids is 2. The quantitative estimate of drug-likeness (QED) is 0.865. The van der Waals surface area contributed by atoms with Crippen molar-refractivity contribution < 1.29 is 19.5 Å². The van der Waals surface area contributed by atoms with Crippen LogP contribution in [0.3, 0.4) is 0 Å². The lowest BCUT2D eigenvalue weighted by molar-refractivity contribution is -0.145. The number of nitrogens with zero attached hydrogens (tertiary/aromatic N) is 1. The normalized spacial score (nSPS) is 22.8. The smallest absolute Gasteiger partial charge is 0.306 e. The SMILES string of the molecule is CN(C(=O)C1CC1)c1ccccc1C(=O)NC1CC(C(=O)O)C1. The molecule has 2 N–H and O–H groups in total. The molecular weight excluding hydrogens is 296 g/mol. The summed E-state index contributed by atoms with van der Waals surface area (Å²) in [6, 6.07) is 6.90. The van der Waals surface area contributed by atoms with Gasteiger partial charge in [0.2, 0.25) is 5.91 Å². The highest BCUT2D eigenvalue weighted by Gasteiger charge is 2.36. The minimum atomic E-state index is -0.814. The molecule has 0 heterocycles. The molecular formula is C17H20N2O4. The van der Waals surface area contributed by atoms with Crippen molar-refractivity contribution >= 4 is 23.5 Å². The van der Waals surface area contributed by atoms with Gasteiger partial charge in [0.25, 0.3) is 5.91 Å². The lowest BCUT2D eigenvalue weighted by Crippen LogP contribution is -2.47. The molecule has 0 atom stereocenters. The molecule has 0 aromatic heterocycles. The number of hydrogen-bond donors (Lipinski definition) is 2. The molecule has 1 aromatic rings. The summed E-state index contributed by atoms with van der Waals surface area (Å²) in [4.78, 5) is 37.0. The van der Waals surface area contributed by atoms with E-state index in [1.807, 2.05) is 0 Å². The number of amides is 2. The summed E-state index contributed by atoms with van der Waals surface area (Å²) in [6.07, 6.45) is 2.74. The molecule has 3 rings (SSSR count). The summed E-state index contributed by atoms with van der Waals surface area (Å²) in [6.45, 7) is 0. The molecule has 0 aliphatic heterocycles. The Kier molecular flexibility index (Phi) is 4.07. The third kappa shape index (κ3) is 3.21. The van der Waals surface area contributed by atoms with Crippen molar-refractivity contribution in [1.82, 2.24) is 5.32 Å². The highest BCUT2D eigenvalue weighted by molar-refractivity contribution is 6.05. The number of carboxylic acid groups (broad SMARTS) is 1. The van der Waals surface area contributed by atoms with Gasteiger partial charge < -0.3 is 15.3 Å². The van der Waals surface area contributed by atoms with E-state index in [1.165, 1.54) is 0 Å². The molecule has 2 aliphatic carbocycles. The molecule has 0 radical (unpaired) electrons. The Balaban J connectivity index is 1.68. The summed E-state index contributed by atoms with van der Waals surface area (Å²) >= 11 is 0. The lowest BCUT2D eigenvalue weighted by atomic mass is 9.80. The van der Waals surface area contributed by atoms with Crippen LogP contribution in [-0.4, -0.2) is 36.0 Å². The van der Waals surface area contributed by atoms with Gasteiger partial charge in [-0.2, -0.15) is 0 Å². The van der Waals surface area contributed by atoms with Gasteiger partial charge in [0.15, 0.2) is 0 Å². The number of para-hydroxylation sites is 1. The fourth-order valence-corrected chi connectivity index (χ4v) is 2.88. The van der Waals surface area contributed by atoms with Crippen LogP contribution in [0.1, 0.15) is 36.0 Å². The van der Waals surface area contributed by atoms with E-state index in [1.54, 1.807) is 36.2 Å². The molecule has 1 aromatic carbocycles. The van der Waals surface area contributed by atoms with Crippen molar-refractivity contribution in [3.8, 4) is 0 Å². The largest absolute Gasteiger partial charge is 0.481 e. The molecule has 2 saturated carbocycles. The summed E-state index contributed by atoms with van der Waals surface area (Å²) < 4.78 is 0. The zero-order valence-corrected chi connectivity index (χ0v) is 13.0. The maximum absolute atomic E-state index is 12.5. The van der Waals surface area contributed by atoms with Gasteiger partial charge in [-0.1, -0.05) is 12.1 Å². The summed E-state index contributed by atoms with van der Waals surface area (Å²) in [5.74, 6) is -1.32. The molecule has 6 heteroatoms. The predicted octanol–water partition coefficient (Wildman–Crippen LogP) is 1.65. The molecule has 122 valence electrons. The lowest BCUT2D eigenvalue weighted by Gasteiger charge is -2.33. The van der Waals surface area contributed by atoms with E-state index >= 15 is 0 Å². The summed E-state index contributed by atoms with van der Waals surface area (Å²) in [5.41, 5.74) is 1.04. The van der Waals surface area contributed by atoms with Crippen LogP contribution in [0.4, 0.5) is 5.69 Å². The predicted molar refractivity (Wildman–Crippen MR) is 84.2 cm³/mol. The Morgan fingerprint density at radius 2 is 1.78 bits per heavy atom. The fourth-order valence-electron chi connectivity index (χ4n) is 2.88. The highest BCUT2D eigenvalue weighted by atomic mass is 16.4. The van der Waals surface area contributed by atoms with Gasteiger partial charge in [-0.25, -0.2) is 0 Å². The first-order chi connectivity index (χ1) is 11.0. The summed E-state index contributed by atoms with van der Waals surface area (Å²) in [7, 11) is 1.69. The Morgan fingerprint density at radius 3 is 2.39 bits per heavy atom. The minimum absolute atomic E-state index is 0.0415. The number of nitrogens with one attached hydrogen (secondary N) is 1. The van der Waals surface area contributed by atoms with Gasteiger partial charge in [0, 0.05) is 19.0 Å². The van der Waals surface area contributed by atoms with Gasteiger partial charge in [-0.15, -0.1) is 0 Å². The van der Waals surface area contributed by atoms with E-state index in [2.05, 4.69) is 5.32 Å². The van der Waals surface area contributed by atoms with Crippen LogP contribution in [0.25, 0.3) is 0 Å². The number of aliphatic carboxylic acids is 1. The van der Waals surface area contributed by atoms with E-state index in [9.17, 15) is 14.4 Å². The van der Waals surface area contributed by atoms with E-state index < -0.39 is 5.97 Å². The Morgan fingerprint density at radius 1 is 1.13 bits per heavy atom. The molecule has 23 heavy (non-hydrogen) atoms. The second kappa shape index (κ2) is 6.02. The van der Waals surface area contributed by atoms with Gasteiger partial charge in [-0.3, -0.25) is 14.4 Å². The second-order valence-corrected chi connectivity index (χ2v) is 6.37. The second-order valence-electron chi connectivity index (χ2n) is 6.37. The minimum Gasteiger partial charge on any atom is -0.481 e. The Labute approximate surface area is 134 Å². The molecule has 2 fully saturated rings. The zero-order chi connectivity index (χ0) is 16.6.